The van der Waals surface area contributed by atoms with E-state index in [1.165, 1.54) is 0 Å². The van der Waals surface area contributed by atoms with E-state index in [0.29, 0.717) is 6.61 Å². The summed E-state index contributed by atoms with van der Waals surface area (Å²) in [5.41, 5.74) is 1.92. The first kappa shape index (κ1) is 13.4. The molecule has 0 saturated heterocycles. The van der Waals surface area contributed by atoms with Crippen molar-refractivity contribution < 1.29 is 4.74 Å². The lowest BCUT2D eigenvalue weighted by Crippen LogP contribution is -1.99. The number of nitrogens with zero attached hydrogens (tertiary/aromatic N) is 2. The fourth-order valence-corrected chi connectivity index (χ4v) is 2.23. The first-order valence-electron chi connectivity index (χ1n) is 6.99. The third-order valence-electron chi connectivity index (χ3n) is 3.14. The Morgan fingerprint density at radius 1 is 1.00 bits per heavy atom. The van der Waals surface area contributed by atoms with Crippen LogP contribution in [0.25, 0.3) is 10.9 Å². The second-order valence-corrected chi connectivity index (χ2v) is 4.72. The van der Waals surface area contributed by atoms with Crippen LogP contribution in [0.15, 0.2) is 48.5 Å². The number of hydrogen-bond donors (Lipinski definition) is 1. The Morgan fingerprint density at radius 2 is 1.76 bits per heavy atom. The quantitative estimate of drug-likeness (QED) is 0.781. The van der Waals surface area contributed by atoms with Crippen molar-refractivity contribution >= 4 is 22.4 Å². The van der Waals surface area contributed by atoms with Crippen molar-refractivity contribution in [2.45, 2.75) is 13.8 Å². The van der Waals surface area contributed by atoms with Crippen molar-refractivity contribution in [1.82, 2.24) is 9.97 Å². The van der Waals surface area contributed by atoms with Crippen LogP contribution >= 0.6 is 0 Å². The summed E-state index contributed by atoms with van der Waals surface area (Å²) in [5.74, 6) is 2.44. The third kappa shape index (κ3) is 2.94. The number of aromatic nitrogens is 2. The van der Waals surface area contributed by atoms with E-state index < -0.39 is 0 Å². The van der Waals surface area contributed by atoms with Crippen LogP contribution in [0.3, 0.4) is 0 Å². The van der Waals surface area contributed by atoms with Gasteiger partial charge in [0.2, 0.25) is 0 Å². The largest absolute Gasteiger partial charge is 0.494 e. The zero-order valence-electron chi connectivity index (χ0n) is 12.1. The van der Waals surface area contributed by atoms with E-state index in [4.69, 9.17) is 4.74 Å². The fraction of sp³-hybridized carbons (Fsp3) is 0.176. The maximum atomic E-state index is 5.45. The molecule has 2 aromatic carbocycles. The highest BCUT2D eigenvalue weighted by molar-refractivity contribution is 5.90. The van der Waals surface area contributed by atoms with Crippen LogP contribution < -0.4 is 10.1 Å². The molecule has 1 aromatic heterocycles. The molecular weight excluding hydrogens is 262 g/mol. The van der Waals surface area contributed by atoms with Crippen LogP contribution in [-0.4, -0.2) is 16.6 Å². The minimum Gasteiger partial charge on any atom is -0.494 e. The fourth-order valence-electron chi connectivity index (χ4n) is 2.23. The monoisotopic (exact) mass is 279 g/mol. The Balaban J connectivity index is 1.94. The molecule has 0 radical (unpaired) electrons. The highest BCUT2D eigenvalue weighted by atomic mass is 16.5. The number of ether oxygens (including phenoxy) is 1. The highest BCUT2D eigenvalue weighted by Gasteiger charge is 2.05. The van der Waals surface area contributed by atoms with E-state index in [1.54, 1.807) is 0 Å². The van der Waals surface area contributed by atoms with Crippen molar-refractivity contribution in [3.05, 3.63) is 54.4 Å². The zero-order valence-corrected chi connectivity index (χ0v) is 12.1. The third-order valence-corrected chi connectivity index (χ3v) is 3.14. The Bertz CT molecular complexity index is 754. The molecule has 3 rings (SSSR count). The van der Waals surface area contributed by atoms with Crippen LogP contribution in [0, 0.1) is 6.92 Å². The first-order chi connectivity index (χ1) is 10.3. The van der Waals surface area contributed by atoms with Gasteiger partial charge in [-0.2, -0.15) is 0 Å². The van der Waals surface area contributed by atoms with Crippen molar-refractivity contribution in [2.75, 3.05) is 11.9 Å². The molecule has 0 amide bonds. The molecule has 1 heterocycles. The van der Waals surface area contributed by atoms with Crippen LogP contribution in [-0.2, 0) is 0 Å². The summed E-state index contributed by atoms with van der Waals surface area (Å²) < 4.78 is 5.45. The molecule has 0 fully saturated rings. The number of rotatable bonds is 4. The number of benzene rings is 2. The lowest BCUT2D eigenvalue weighted by molar-refractivity contribution is 0.340. The Morgan fingerprint density at radius 3 is 2.52 bits per heavy atom. The molecule has 4 nitrogen and oxygen atoms in total. The molecule has 1 N–H and O–H groups in total. The average Bonchev–Trinajstić information content (AvgIpc) is 2.49. The zero-order chi connectivity index (χ0) is 14.7. The van der Waals surface area contributed by atoms with E-state index in [2.05, 4.69) is 15.3 Å². The van der Waals surface area contributed by atoms with Crippen LogP contribution in [0.4, 0.5) is 11.5 Å². The van der Waals surface area contributed by atoms with Gasteiger partial charge in [-0.05, 0) is 50.2 Å². The lowest BCUT2D eigenvalue weighted by atomic mass is 10.2. The van der Waals surface area contributed by atoms with Crippen molar-refractivity contribution in [2.24, 2.45) is 0 Å². The predicted octanol–water partition coefficient (Wildman–Crippen LogP) is 4.08. The van der Waals surface area contributed by atoms with Crippen molar-refractivity contribution in [3.8, 4) is 5.75 Å². The Labute approximate surface area is 123 Å². The lowest BCUT2D eigenvalue weighted by Gasteiger charge is -2.10. The molecule has 0 saturated carbocycles. The van der Waals surface area contributed by atoms with E-state index >= 15 is 0 Å². The van der Waals surface area contributed by atoms with E-state index in [-0.39, 0.29) is 0 Å². The van der Waals surface area contributed by atoms with Crippen molar-refractivity contribution in [3.63, 3.8) is 0 Å². The molecule has 0 atom stereocenters. The van der Waals surface area contributed by atoms with Crippen LogP contribution in [0.2, 0.25) is 0 Å². The second kappa shape index (κ2) is 5.79. The van der Waals surface area contributed by atoms with Crippen LogP contribution in [0.1, 0.15) is 12.7 Å². The van der Waals surface area contributed by atoms with Gasteiger partial charge in [-0.1, -0.05) is 12.1 Å². The number of anilines is 2. The average molecular weight is 279 g/mol. The normalized spacial score (nSPS) is 10.6. The summed E-state index contributed by atoms with van der Waals surface area (Å²) >= 11 is 0. The van der Waals surface area contributed by atoms with Gasteiger partial charge in [0.25, 0.3) is 0 Å². The number of hydrogen-bond acceptors (Lipinski definition) is 4. The maximum absolute atomic E-state index is 5.45. The summed E-state index contributed by atoms with van der Waals surface area (Å²) in [6.07, 6.45) is 0. The van der Waals surface area contributed by atoms with Gasteiger partial charge in [0, 0.05) is 11.1 Å². The number of fused-ring (bicyclic) bond motifs is 1. The Hall–Kier alpha value is -2.62. The summed E-state index contributed by atoms with van der Waals surface area (Å²) in [5, 5.41) is 4.36. The molecule has 0 spiro atoms. The van der Waals surface area contributed by atoms with Gasteiger partial charge in [0.1, 0.15) is 17.4 Å². The molecule has 0 aliphatic rings. The SMILES string of the molecule is CCOc1ccc(Nc2nc(C)nc3ccccc23)cc1. The van der Waals surface area contributed by atoms with Gasteiger partial charge in [-0.15, -0.1) is 0 Å². The first-order valence-corrected chi connectivity index (χ1v) is 6.99. The van der Waals surface area contributed by atoms with Gasteiger partial charge in [0.15, 0.2) is 0 Å². The topological polar surface area (TPSA) is 47.0 Å². The number of nitrogens with one attached hydrogen (secondary N) is 1. The minimum absolute atomic E-state index is 0.669. The van der Waals surface area contributed by atoms with E-state index in [0.717, 1.165) is 34.0 Å². The van der Waals surface area contributed by atoms with E-state index in [1.807, 2.05) is 62.4 Å². The van der Waals surface area contributed by atoms with Crippen LogP contribution in [0.5, 0.6) is 5.75 Å². The number of para-hydroxylation sites is 1. The summed E-state index contributed by atoms with van der Waals surface area (Å²) in [6.45, 7) is 4.54. The minimum atomic E-state index is 0.669. The molecule has 3 aromatic rings. The highest BCUT2D eigenvalue weighted by Crippen LogP contribution is 2.24. The molecule has 21 heavy (non-hydrogen) atoms. The molecule has 0 bridgehead atoms. The summed E-state index contributed by atoms with van der Waals surface area (Å²) in [4.78, 5) is 8.95. The molecular formula is C17H17N3O. The number of aryl methyl sites for hydroxylation is 1. The standard InChI is InChI=1S/C17H17N3O/c1-3-21-14-10-8-13(9-11-14)20-17-15-6-4-5-7-16(15)18-12(2)19-17/h4-11H,3H2,1-2H3,(H,18,19,20). The maximum Gasteiger partial charge on any atom is 0.142 e. The van der Waals surface area contributed by atoms with Gasteiger partial charge >= 0.3 is 0 Å². The van der Waals surface area contributed by atoms with Gasteiger partial charge in [0.05, 0.1) is 12.1 Å². The van der Waals surface area contributed by atoms with Gasteiger partial charge in [-0.25, -0.2) is 9.97 Å². The van der Waals surface area contributed by atoms with E-state index in [9.17, 15) is 0 Å². The molecule has 0 aliphatic heterocycles. The molecule has 4 heteroatoms. The summed E-state index contributed by atoms with van der Waals surface area (Å²) in [7, 11) is 0. The van der Waals surface area contributed by atoms with Crippen molar-refractivity contribution in [1.29, 1.82) is 0 Å². The summed E-state index contributed by atoms with van der Waals surface area (Å²) in [6, 6.07) is 15.8. The second-order valence-electron chi connectivity index (χ2n) is 4.72. The van der Waals surface area contributed by atoms with Gasteiger partial charge in [-0.3, -0.25) is 0 Å². The smallest absolute Gasteiger partial charge is 0.142 e. The Kier molecular flexibility index (Phi) is 3.69. The molecule has 106 valence electrons. The van der Waals surface area contributed by atoms with Gasteiger partial charge < -0.3 is 10.1 Å². The molecule has 0 aliphatic carbocycles. The predicted molar refractivity (Wildman–Crippen MR) is 85.2 cm³/mol. The molecule has 0 unspecified atom stereocenters.